The standard InChI is InChI=1S/C14H14Cl2N2O3/c1-8-7-9(18-21-8)5-6-17-14(19)12-10(15)3-4-11(16)13(12)20-2/h3-4,7H,5-6H2,1-2H3,(H,17,19). The molecule has 5 nitrogen and oxygen atoms in total. The molecule has 0 radical (unpaired) electrons. The van der Waals surface area contributed by atoms with Crippen LogP contribution in [0.25, 0.3) is 0 Å². The van der Waals surface area contributed by atoms with Gasteiger partial charge in [0.25, 0.3) is 5.91 Å². The molecule has 2 aromatic rings. The molecular formula is C14H14Cl2N2O3. The summed E-state index contributed by atoms with van der Waals surface area (Å²) in [6.45, 7) is 2.21. The Kier molecular flexibility index (Phi) is 5.09. The van der Waals surface area contributed by atoms with E-state index >= 15 is 0 Å². The fourth-order valence-corrected chi connectivity index (χ4v) is 2.34. The first-order chi connectivity index (χ1) is 10.0. The number of carbonyl (C=O) groups excluding carboxylic acids is 1. The molecule has 0 aliphatic heterocycles. The van der Waals surface area contributed by atoms with Gasteiger partial charge >= 0.3 is 0 Å². The van der Waals surface area contributed by atoms with Gasteiger partial charge in [0, 0.05) is 19.0 Å². The Morgan fingerprint density at radius 3 is 2.71 bits per heavy atom. The fraction of sp³-hybridized carbons (Fsp3) is 0.286. The van der Waals surface area contributed by atoms with Crippen LogP contribution in [0.5, 0.6) is 5.75 Å². The summed E-state index contributed by atoms with van der Waals surface area (Å²) in [5.74, 6) is 0.648. The highest BCUT2D eigenvalue weighted by molar-refractivity contribution is 6.37. The van der Waals surface area contributed by atoms with Gasteiger partial charge in [0.15, 0.2) is 5.75 Å². The molecule has 0 aliphatic rings. The quantitative estimate of drug-likeness (QED) is 0.914. The summed E-state index contributed by atoms with van der Waals surface area (Å²) in [7, 11) is 1.44. The van der Waals surface area contributed by atoms with Crippen molar-refractivity contribution in [2.24, 2.45) is 0 Å². The van der Waals surface area contributed by atoms with Gasteiger partial charge in [0.2, 0.25) is 0 Å². The number of halogens is 2. The number of hydrogen-bond donors (Lipinski definition) is 1. The average molecular weight is 329 g/mol. The number of aromatic nitrogens is 1. The second-order valence-electron chi connectivity index (χ2n) is 4.37. The van der Waals surface area contributed by atoms with Crippen LogP contribution in [0.3, 0.4) is 0 Å². The number of aryl methyl sites for hydroxylation is 1. The molecule has 0 atom stereocenters. The summed E-state index contributed by atoms with van der Waals surface area (Å²) < 4.78 is 10.1. The maximum Gasteiger partial charge on any atom is 0.256 e. The van der Waals surface area contributed by atoms with Crippen molar-refractivity contribution in [3.8, 4) is 5.75 Å². The minimum absolute atomic E-state index is 0.225. The summed E-state index contributed by atoms with van der Waals surface area (Å²) in [5.41, 5.74) is 1.000. The fourth-order valence-electron chi connectivity index (χ4n) is 1.87. The minimum atomic E-state index is -0.348. The lowest BCUT2D eigenvalue weighted by molar-refractivity contribution is 0.0951. The van der Waals surface area contributed by atoms with Crippen LogP contribution in [-0.2, 0) is 6.42 Å². The molecule has 112 valence electrons. The van der Waals surface area contributed by atoms with Crippen LogP contribution in [0.2, 0.25) is 10.0 Å². The lowest BCUT2D eigenvalue weighted by Crippen LogP contribution is -2.26. The topological polar surface area (TPSA) is 64.4 Å². The normalized spacial score (nSPS) is 10.5. The molecular weight excluding hydrogens is 315 g/mol. The van der Waals surface area contributed by atoms with Crippen LogP contribution in [0, 0.1) is 6.92 Å². The Bertz CT molecular complexity index is 656. The average Bonchev–Trinajstić information content (AvgIpc) is 2.86. The predicted molar refractivity (Wildman–Crippen MR) is 80.3 cm³/mol. The number of nitrogens with one attached hydrogen (secondary N) is 1. The first-order valence-electron chi connectivity index (χ1n) is 6.25. The van der Waals surface area contributed by atoms with Gasteiger partial charge in [-0.05, 0) is 19.1 Å². The van der Waals surface area contributed by atoms with Crippen LogP contribution in [-0.4, -0.2) is 24.7 Å². The minimum Gasteiger partial charge on any atom is -0.494 e. The number of rotatable bonds is 5. The zero-order chi connectivity index (χ0) is 15.4. The van der Waals surface area contributed by atoms with Crippen LogP contribution in [0.15, 0.2) is 22.7 Å². The molecule has 0 fully saturated rings. The molecule has 1 aromatic carbocycles. The Morgan fingerprint density at radius 1 is 1.38 bits per heavy atom. The monoisotopic (exact) mass is 328 g/mol. The van der Waals surface area contributed by atoms with E-state index in [4.69, 9.17) is 32.5 Å². The summed E-state index contributed by atoms with van der Waals surface area (Å²) in [5, 5.41) is 7.22. The predicted octanol–water partition coefficient (Wildman–Crippen LogP) is 3.27. The molecule has 0 bridgehead atoms. The van der Waals surface area contributed by atoms with Gasteiger partial charge in [-0.25, -0.2) is 0 Å². The summed E-state index contributed by atoms with van der Waals surface area (Å²) in [4.78, 5) is 12.2. The highest BCUT2D eigenvalue weighted by Crippen LogP contribution is 2.33. The van der Waals surface area contributed by atoms with E-state index in [9.17, 15) is 4.79 Å². The van der Waals surface area contributed by atoms with Gasteiger partial charge in [0.1, 0.15) is 11.3 Å². The number of ether oxygens (including phenoxy) is 1. The molecule has 1 aromatic heterocycles. The first-order valence-corrected chi connectivity index (χ1v) is 7.01. The van der Waals surface area contributed by atoms with Crippen molar-refractivity contribution in [2.75, 3.05) is 13.7 Å². The van der Waals surface area contributed by atoms with E-state index in [0.29, 0.717) is 18.0 Å². The van der Waals surface area contributed by atoms with Crippen molar-refractivity contribution >= 4 is 29.1 Å². The summed E-state index contributed by atoms with van der Waals surface area (Å²) >= 11 is 12.0. The Morgan fingerprint density at radius 2 is 2.10 bits per heavy atom. The van der Waals surface area contributed by atoms with E-state index < -0.39 is 0 Å². The lowest BCUT2D eigenvalue weighted by atomic mass is 10.1. The van der Waals surface area contributed by atoms with Crippen molar-refractivity contribution < 1.29 is 14.1 Å². The number of methoxy groups -OCH3 is 1. The van der Waals surface area contributed by atoms with E-state index in [1.807, 2.05) is 13.0 Å². The van der Waals surface area contributed by atoms with E-state index in [-0.39, 0.29) is 22.2 Å². The molecule has 7 heteroatoms. The van der Waals surface area contributed by atoms with E-state index in [1.165, 1.54) is 7.11 Å². The van der Waals surface area contributed by atoms with Gasteiger partial charge in [-0.2, -0.15) is 0 Å². The Balaban J connectivity index is 2.05. The van der Waals surface area contributed by atoms with Crippen molar-refractivity contribution in [2.45, 2.75) is 13.3 Å². The summed E-state index contributed by atoms with van der Waals surface area (Å²) in [6.07, 6.45) is 0.559. The summed E-state index contributed by atoms with van der Waals surface area (Å²) in [6, 6.07) is 4.96. The highest BCUT2D eigenvalue weighted by Gasteiger charge is 2.19. The molecule has 21 heavy (non-hydrogen) atoms. The van der Waals surface area contributed by atoms with E-state index in [1.54, 1.807) is 12.1 Å². The van der Waals surface area contributed by atoms with Crippen LogP contribution in [0.1, 0.15) is 21.8 Å². The molecule has 0 saturated heterocycles. The van der Waals surface area contributed by atoms with Crippen LogP contribution >= 0.6 is 23.2 Å². The maximum atomic E-state index is 12.2. The molecule has 1 amide bonds. The molecule has 2 rings (SSSR count). The lowest BCUT2D eigenvalue weighted by Gasteiger charge is -2.12. The second-order valence-corrected chi connectivity index (χ2v) is 5.19. The maximum absolute atomic E-state index is 12.2. The number of amides is 1. The molecule has 1 heterocycles. The first kappa shape index (κ1) is 15.7. The third kappa shape index (κ3) is 3.68. The SMILES string of the molecule is COc1c(Cl)ccc(Cl)c1C(=O)NCCc1cc(C)on1. The van der Waals surface area contributed by atoms with Gasteiger partial charge in [-0.1, -0.05) is 28.4 Å². The zero-order valence-corrected chi connectivity index (χ0v) is 13.1. The van der Waals surface area contributed by atoms with Gasteiger partial charge in [0.05, 0.1) is 22.8 Å². The zero-order valence-electron chi connectivity index (χ0n) is 11.6. The van der Waals surface area contributed by atoms with Gasteiger partial charge < -0.3 is 14.6 Å². The third-order valence-electron chi connectivity index (χ3n) is 2.83. The van der Waals surface area contributed by atoms with Crippen molar-refractivity contribution in [1.29, 1.82) is 0 Å². The number of benzene rings is 1. The van der Waals surface area contributed by atoms with E-state index in [0.717, 1.165) is 11.5 Å². The van der Waals surface area contributed by atoms with Crippen LogP contribution < -0.4 is 10.1 Å². The molecule has 0 unspecified atom stereocenters. The molecule has 1 N–H and O–H groups in total. The van der Waals surface area contributed by atoms with Crippen LogP contribution in [0.4, 0.5) is 0 Å². The van der Waals surface area contributed by atoms with Gasteiger partial charge in [-0.3, -0.25) is 4.79 Å². The Hall–Kier alpha value is -1.72. The number of nitrogens with zero attached hydrogens (tertiary/aromatic N) is 1. The van der Waals surface area contributed by atoms with Crippen molar-refractivity contribution in [1.82, 2.24) is 10.5 Å². The smallest absolute Gasteiger partial charge is 0.256 e. The van der Waals surface area contributed by atoms with Crippen molar-refractivity contribution in [3.63, 3.8) is 0 Å². The van der Waals surface area contributed by atoms with Crippen molar-refractivity contribution in [3.05, 3.63) is 45.3 Å². The number of hydrogen-bond acceptors (Lipinski definition) is 4. The molecule has 0 spiro atoms. The highest BCUT2D eigenvalue weighted by atomic mass is 35.5. The molecule has 0 saturated carbocycles. The molecule has 0 aliphatic carbocycles. The van der Waals surface area contributed by atoms with Gasteiger partial charge in [-0.15, -0.1) is 0 Å². The van der Waals surface area contributed by atoms with E-state index in [2.05, 4.69) is 10.5 Å². The third-order valence-corrected chi connectivity index (χ3v) is 3.45. The second kappa shape index (κ2) is 6.83. The Labute approximate surface area is 132 Å². The largest absolute Gasteiger partial charge is 0.494 e. The number of carbonyl (C=O) groups is 1.